The van der Waals surface area contributed by atoms with Gasteiger partial charge in [0.2, 0.25) is 5.91 Å². The molecule has 1 unspecified atom stereocenters. The van der Waals surface area contributed by atoms with Crippen molar-refractivity contribution in [2.45, 2.75) is 51.0 Å². The summed E-state index contributed by atoms with van der Waals surface area (Å²) in [5.74, 6) is 0.856. The van der Waals surface area contributed by atoms with Crippen LogP contribution in [0.4, 0.5) is 0 Å². The molecule has 3 rings (SSSR count). The van der Waals surface area contributed by atoms with Gasteiger partial charge in [0.25, 0.3) is 0 Å². The van der Waals surface area contributed by atoms with Gasteiger partial charge in [-0.2, -0.15) is 0 Å². The Morgan fingerprint density at radius 1 is 1.04 bits per heavy atom. The summed E-state index contributed by atoms with van der Waals surface area (Å²) in [5.41, 5.74) is 1.96. The third-order valence-electron chi connectivity index (χ3n) is 4.93. The van der Waals surface area contributed by atoms with E-state index in [1.807, 2.05) is 48.5 Å². The molecule has 1 fully saturated rings. The van der Waals surface area contributed by atoms with Crippen LogP contribution in [0.3, 0.4) is 0 Å². The fourth-order valence-electron chi connectivity index (χ4n) is 3.56. The highest BCUT2D eigenvalue weighted by Gasteiger charge is 2.19. The second-order valence-corrected chi connectivity index (χ2v) is 6.71. The zero-order chi connectivity index (χ0) is 16.6. The molecule has 3 nitrogen and oxygen atoms in total. The molecule has 0 bridgehead atoms. The summed E-state index contributed by atoms with van der Waals surface area (Å²) in [4.78, 5) is 16.9. The Morgan fingerprint density at radius 2 is 1.79 bits per heavy atom. The van der Waals surface area contributed by atoms with E-state index in [0.717, 1.165) is 23.6 Å². The van der Waals surface area contributed by atoms with Gasteiger partial charge in [-0.25, -0.2) is 0 Å². The number of amides is 1. The van der Waals surface area contributed by atoms with Crippen LogP contribution >= 0.6 is 0 Å². The maximum Gasteiger partial charge on any atom is 0.220 e. The Morgan fingerprint density at radius 3 is 2.50 bits per heavy atom. The molecule has 0 spiro atoms. The van der Waals surface area contributed by atoms with Crippen LogP contribution in [0.5, 0.6) is 0 Å². The number of hydrogen-bond donors (Lipinski definition) is 1. The lowest BCUT2D eigenvalue weighted by Gasteiger charge is -2.22. The smallest absolute Gasteiger partial charge is 0.220 e. The monoisotopic (exact) mass is 322 g/mol. The highest BCUT2D eigenvalue weighted by molar-refractivity contribution is 5.76. The summed E-state index contributed by atoms with van der Waals surface area (Å²) in [6, 6.07) is 15.7. The molecular weight excluding hydrogens is 296 g/mol. The maximum atomic E-state index is 12.5. The predicted octanol–water partition coefficient (Wildman–Crippen LogP) is 4.65. The first-order chi connectivity index (χ1) is 11.8. The van der Waals surface area contributed by atoms with Crippen LogP contribution < -0.4 is 5.32 Å². The molecular formula is C21H26N2O. The zero-order valence-corrected chi connectivity index (χ0v) is 14.2. The first kappa shape index (κ1) is 16.7. The average molecular weight is 322 g/mol. The van der Waals surface area contributed by atoms with Gasteiger partial charge in [0.05, 0.1) is 11.7 Å². The minimum absolute atomic E-state index is 0.125. The van der Waals surface area contributed by atoms with E-state index >= 15 is 0 Å². The van der Waals surface area contributed by atoms with Gasteiger partial charge >= 0.3 is 0 Å². The summed E-state index contributed by atoms with van der Waals surface area (Å²) in [6.45, 7) is 0. The van der Waals surface area contributed by atoms with Crippen molar-refractivity contribution in [3.63, 3.8) is 0 Å². The van der Waals surface area contributed by atoms with E-state index < -0.39 is 0 Å². The van der Waals surface area contributed by atoms with E-state index in [2.05, 4.69) is 10.3 Å². The summed E-state index contributed by atoms with van der Waals surface area (Å²) in [6.07, 6.45) is 9.99. The molecule has 126 valence electrons. The van der Waals surface area contributed by atoms with Gasteiger partial charge in [-0.3, -0.25) is 9.78 Å². The van der Waals surface area contributed by atoms with Gasteiger partial charge in [0.15, 0.2) is 0 Å². The van der Waals surface area contributed by atoms with E-state index in [0.29, 0.717) is 6.42 Å². The molecule has 1 aromatic heterocycles. The van der Waals surface area contributed by atoms with Crippen molar-refractivity contribution in [1.82, 2.24) is 10.3 Å². The third kappa shape index (κ3) is 4.67. The molecule has 0 aliphatic heterocycles. The van der Waals surface area contributed by atoms with Crippen molar-refractivity contribution >= 4 is 5.91 Å². The van der Waals surface area contributed by atoms with E-state index in [1.54, 1.807) is 6.20 Å². The Bertz CT molecular complexity index is 581. The van der Waals surface area contributed by atoms with Crippen molar-refractivity contribution in [2.75, 3.05) is 0 Å². The molecule has 0 radical (unpaired) electrons. The molecule has 2 aromatic rings. The van der Waals surface area contributed by atoms with Crippen LogP contribution in [-0.2, 0) is 4.79 Å². The fraction of sp³-hybridized carbons (Fsp3) is 0.429. The number of nitrogens with one attached hydrogen (secondary N) is 1. The van der Waals surface area contributed by atoms with Gasteiger partial charge < -0.3 is 5.32 Å². The van der Waals surface area contributed by atoms with Crippen molar-refractivity contribution in [2.24, 2.45) is 5.92 Å². The van der Waals surface area contributed by atoms with Crippen molar-refractivity contribution in [3.05, 3.63) is 66.0 Å². The minimum atomic E-state index is -0.175. The Balaban J connectivity index is 1.64. The van der Waals surface area contributed by atoms with Crippen LogP contribution in [0.2, 0.25) is 0 Å². The van der Waals surface area contributed by atoms with Gasteiger partial charge in [0, 0.05) is 12.6 Å². The summed E-state index contributed by atoms with van der Waals surface area (Å²) >= 11 is 0. The second-order valence-electron chi connectivity index (χ2n) is 6.71. The highest BCUT2D eigenvalue weighted by atomic mass is 16.1. The molecule has 1 aromatic carbocycles. The number of nitrogens with zero attached hydrogens (tertiary/aromatic N) is 1. The topological polar surface area (TPSA) is 42.0 Å². The quantitative estimate of drug-likeness (QED) is 0.841. The van der Waals surface area contributed by atoms with Gasteiger partial charge in [-0.15, -0.1) is 0 Å². The zero-order valence-electron chi connectivity index (χ0n) is 14.2. The predicted molar refractivity (Wildman–Crippen MR) is 96.5 cm³/mol. The van der Waals surface area contributed by atoms with Gasteiger partial charge in [-0.1, -0.05) is 68.5 Å². The Labute approximate surface area is 144 Å². The van der Waals surface area contributed by atoms with Crippen LogP contribution in [-0.4, -0.2) is 10.9 Å². The summed E-state index contributed by atoms with van der Waals surface area (Å²) in [5, 5.41) is 3.19. The van der Waals surface area contributed by atoms with Crippen LogP contribution in [0.25, 0.3) is 0 Å². The second kappa shape index (κ2) is 8.62. The minimum Gasteiger partial charge on any atom is -0.344 e. The first-order valence-corrected chi connectivity index (χ1v) is 9.08. The number of hydrogen-bond acceptors (Lipinski definition) is 2. The molecule has 1 aliphatic rings. The fourth-order valence-corrected chi connectivity index (χ4v) is 3.56. The molecule has 1 aliphatic carbocycles. The Kier molecular flexibility index (Phi) is 6.00. The molecule has 1 amide bonds. The molecule has 0 saturated heterocycles. The number of rotatable bonds is 6. The highest BCUT2D eigenvalue weighted by Crippen LogP contribution is 2.27. The lowest BCUT2D eigenvalue weighted by Crippen LogP contribution is -2.30. The van der Waals surface area contributed by atoms with Crippen molar-refractivity contribution < 1.29 is 4.79 Å². The van der Waals surface area contributed by atoms with E-state index in [1.165, 1.54) is 32.1 Å². The number of pyridine rings is 1. The number of carbonyl (C=O) groups is 1. The third-order valence-corrected chi connectivity index (χ3v) is 4.93. The lowest BCUT2D eigenvalue weighted by molar-refractivity contribution is -0.122. The molecule has 1 saturated carbocycles. The molecule has 1 N–H and O–H groups in total. The Hall–Kier alpha value is -2.16. The summed E-state index contributed by atoms with van der Waals surface area (Å²) in [7, 11) is 0. The van der Waals surface area contributed by atoms with E-state index in [-0.39, 0.29) is 11.9 Å². The lowest BCUT2D eigenvalue weighted by atomic mass is 9.86. The summed E-state index contributed by atoms with van der Waals surface area (Å²) < 4.78 is 0. The van der Waals surface area contributed by atoms with Crippen LogP contribution in [0, 0.1) is 5.92 Å². The van der Waals surface area contributed by atoms with Crippen LogP contribution in [0.1, 0.15) is 62.2 Å². The van der Waals surface area contributed by atoms with Gasteiger partial charge in [0.1, 0.15) is 0 Å². The SMILES string of the molecule is O=C(CCC1CCCCC1)NC(c1ccccc1)c1ccccn1. The molecule has 1 atom stereocenters. The average Bonchev–Trinajstić information content (AvgIpc) is 2.67. The molecule has 24 heavy (non-hydrogen) atoms. The van der Waals surface area contributed by atoms with E-state index in [9.17, 15) is 4.79 Å². The number of aromatic nitrogens is 1. The first-order valence-electron chi connectivity index (χ1n) is 9.08. The number of carbonyl (C=O) groups excluding carboxylic acids is 1. The maximum absolute atomic E-state index is 12.5. The van der Waals surface area contributed by atoms with Gasteiger partial charge in [-0.05, 0) is 30.0 Å². The van der Waals surface area contributed by atoms with E-state index in [4.69, 9.17) is 0 Å². The largest absolute Gasteiger partial charge is 0.344 e. The normalized spacial score (nSPS) is 16.5. The van der Waals surface area contributed by atoms with Crippen LogP contribution in [0.15, 0.2) is 54.7 Å². The molecule has 1 heterocycles. The van der Waals surface area contributed by atoms with Crippen molar-refractivity contribution in [3.8, 4) is 0 Å². The van der Waals surface area contributed by atoms with Crippen molar-refractivity contribution in [1.29, 1.82) is 0 Å². The molecule has 3 heteroatoms. The number of benzene rings is 1. The standard InChI is InChI=1S/C21H26N2O/c24-20(15-14-17-9-3-1-4-10-17)23-21(18-11-5-2-6-12-18)19-13-7-8-16-22-19/h2,5-8,11-13,16-17,21H,1,3-4,9-10,14-15H2,(H,23,24).